The normalized spacial score (nSPS) is 24.4. The third-order valence-electron chi connectivity index (χ3n) is 3.60. The Kier molecular flexibility index (Phi) is 3.14. The molecule has 0 aliphatic carbocycles. The smallest absolute Gasteiger partial charge is 0.0681 e. The minimum atomic E-state index is 0.185. The van der Waals surface area contributed by atoms with Crippen molar-refractivity contribution in [2.45, 2.75) is 32.7 Å². The summed E-state index contributed by atoms with van der Waals surface area (Å²) in [5, 5.41) is 9.05. The number of benzene rings is 1. The molecule has 0 N–H and O–H groups in total. The van der Waals surface area contributed by atoms with Crippen LogP contribution in [-0.2, 0) is 6.42 Å². The number of nitriles is 1. The molecule has 1 aromatic rings. The van der Waals surface area contributed by atoms with Crippen LogP contribution in [0.4, 0.5) is 5.69 Å². The van der Waals surface area contributed by atoms with Gasteiger partial charge in [0.1, 0.15) is 0 Å². The van der Waals surface area contributed by atoms with Crippen molar-refractivity contribution < 1.29 is 0 Å². The summed E-state index contributed by atoms with van der Waals surface area (Å²) in [6.45, 7) is 5.35. The molecule has 0 spiro atoms. The van der Waals surface area contributed by atoms with E-state index in [0.29, 0.717) is 6.04 Å². The molecule has 2 nitrogen and oxygen atoms in total. The van der Waals surface area contributed by atoms with Crippen LogP contribution in [0.25, 0.3) is 0 Å². The number of para-hydroxylation sites is 1. The quantitative estimate of drug-likeness (QED) is 0.756. The van der Waals surface area contributed by atoms with E-state index in [0.717, 1.165) is 19.4 Å². The first-order valence-electron chi connectivity index (χ1n) is 6.02. The third kappa shape index (κ3) is 1.78. The Morgan fingerprint density at radius 1 is 1.44 bits per heavy atom. The Hall–Kier alpha value is -1.49. The van der Waals surface area contributed by atoms with Crippen molar-refractivity contribution in [2.24, 2.45) is 5.92 Å². The van der Waals surface area contributed by atoms with Crippen LogP contribution in [0.3, 0.4) is 0 Å². The molecule has 0 saturated carbocycles. The maximum atomic E-state index is 9.05. The van der Waals surface area contributed by atoms with Crippen LogP contribution in [0, 0.1) is 17.2 Å². The molecule has 0 radical (unpaired) electrons. The van der Waals surface area contributed by atoms with Crippen LogP contribution in [0.5, 0.6) is 0 Å². The van der Waals surface area contributed by atoms with Crippen LogP contribution >= 0.6 is 0 Å². The minimum Gasteiger partial charge on any atom is -0.367 e. The van der Waals surface area contributed by atoms with Gasteiger partial charge in [-0.05, 0) is 31.4 Å². The molecule has 1 aromatic carbocycles. The highest BCUT2D eigenvalue weighted by Gasteiger charge is 2.31. The Morgan fingerprint density at radius 2 is 2.19 bits per heavy atom. The number of hydrogen-bond donors (Lipinski definition) is 0. The van der Waals surface area contributed by atoms with Gasteiger partial charge in [-0.1, -0.05) is 25.1 Å². The maximum Gasteiger partial charge on any atom is 0.0681 e. The van der Waals surface area contributed by atoms with Gasteiger partial charge in [-0.25, -0.2) is 0 Å². The number of hydrogen-bond acceptors (Lipinski definition) is 2. The summed E-state index contributed by atoms with van der Waals surface area (Å²) < 4.78 is 0. The first-order valence-corrected chi connectivity index (χ1v) is 6.02. The van der Waals surface area contributed by atoms with E-state index >= 15 is 0 Å². The minimum absolute atomic E-state index is 0.185. The van der Waals surface area contributed by atoms with Crippen molar-refractivity contribution in [3.8, 4) is 6.07 Å². The van der Waals surface area contributed by atoms with Gasteiger partial charge in [0.15, 0.2) is 0 Å². The van der Waals surface area contributed by atoms with E-state index in [4.69, 9.17) is 5.26 Å². The lowest BCUT2D eigenvalue weighted by Gasteiger charge is -2.27. The topological polar surface area (TPSA) is 27.0 Å². The molecule has 16 heavy (non-hydrogen) atoms. The van der Waals surface area contributed by atoms with Crippen LogP contribution in [0.15, 0.2) is 24.3 Å². The lowest BCUT2D eigenvalue weighted by Crippen LogP contribution is -2.30. The van der Waals surface area contributed by atoms with Crippen molar-refractivity contribution >= 4 is 5.69 Å². The van der Waals surface area contributed by atoms with E-state index in [2.05, 4.69) is 49.1 Å². The summed E-state index contributed by atoms with van der Waals surface area (Å²) in [6, 6.07) is 11.3. The van der Waals surface area contributed by atoms with Crippen molar-refractivity contribution in [2.75, 3.05) is 11.4 Å². The van der Waals surface area contributed by atoms with E-state index < -0.39 is 0 Å². The van der Waals surface area contributed by atoms with Crippen LogP contribution in [-0.4, -0.2) is 12.6 Å². The van der Waals surface area contributed by atoms with Crippen LogP contribution in [0.2, 0.25) is 0 Å². The molecule has 84 valence electrons. The molecule has 1 heterocycles. The predicted octanol–water partition coefficient (Wildman–Crippen LogP) is 2.99. The molecule has 2 atom stereocenters. The van der Waals surface area contributed by atoms with Gasteiger partial charge in [0.25, 0.3) is 0 Å². The fourth-order valence-corrected chi connectivity index (χ4v) is 2.54. The average Bonchev–Trinajstić information content (AvgIpc) is 2.70. The second kappa shape index (κ2) is 4.57. The van der Waals surface area contributed by atoms with Crippen molar-refractivity contribution in [3.05, 3.63) is 29.8 Å². The number of anilines is 1. The first kappa shape index (κ1) is 11.0. The second-order valence-electron chi connectivity index (χ2n) is 4.44. The van der Waals surface area contributed by atoms with Gasteiger partial charge in [-0.15, -0.1) is 0 Å². The van der Waals surface area contributed by atoms with Gasteiger partial charge in [0.2, 0.25) is 0 Å². The molecular formula is C14H18N2. The van der Waals surface area contributed by atoms with E-state index in [1.54, 1.807) is 0 Å². The molecule has 1 saturated heterocycles. The average molecular weight is 214 g/mol. The van der Waals surface area contributed by atoms with E-state index in [1.165, 1.54) is 11.3 Å². The summed E-state index contributed by atoms with van der Waals surface area (Å²) in [7, 11) is 0. The molecule has 2 heteroatoms. The van der Waals surface area contributed by atoms with Gasteiger partial charge in [-0.3, -0.25) is 0 Å². The fraction of sp³-hybridized carbons (Fsp3) is 0.500. The fourth-order valence-electron chi connectivity index (χ4n) is 2.54. The molecular weight excluding hydrogens is 196 g/mol. The second-order valence-corrected chi connectivity index (χ2v) is 4.44. The number of rotatable bonds is 2. The highest BCUT2D eigenvalue weighted by atomic mass is 15.2. The van der Waals surface area contributed by atoms with E-state index in [-0.39, 0.29) is 5.92 Å². The van der Waals surface area contributed by atoms with Gasteiger partial charge < -0.3 is 4.90 Å². The summed E-state index contributed by atoms with van der Waals surface area (Å²) in [6.07, 6.45) is 2.05. The molecule has 2 rings (SSSR count). The highest BCUT2D eigenvalue weighted by Crippen LogP contribution is 2.31. The zero-order valence-electron chi connectivity index (χ0n) is 9.98. The molecule has 0 amide bonds. The number of nitrogens with zero attached hydrogens (tertiary/aromatic N) is 2. The summed E-state index contributed by atoms with van der Waals surface area (Å²) in [5.74, 6) is 0.185. The van der Waals surface area contributed by atoms with Gasteiger partial charge in [0, 0.05) is 18.3 Å². The zero-order chi connectivity index (χ0) is 11.5. The predicted molar refractivity (Wildman–Crippen MR) is 66.3 cm³/mol. The van der Waals surface area contributed by atoms with Gasteiger partial charge >= 0.3 is 0 Å². The SMILES string of the molecule is CCc1ccccc1N1CCC(C#N)C1C. The van der Waals surface area contributed by atoms with Crippen molar-refractivity contribution in [1.82, 2.24) is 0 Å². The summed E-state index contributed by atoms with van der Waals surface area (Å²) in [5.41, 5.74) is 2.70. The standard InChI is InChI=1S/C14H18N2/c1-3-12-6-4-5-7-14(12)16-9-8-13(10-15)11(16)2/h4-7,11,13H,3,8-9H2,1-2H3. The lowest BCUT2D eigenvalue weighted by molar-refractivity contribution is 0.614. The monoisotopic (exact) mass is 214 g/mol. The third-order valence-corrected chi connectivity index (χ3v) is 3.60. The number of aryl methyl sites for hydroxylation is 1. The highest BCUT2D eigenvalue weighted by molar-refractivity contribution is 5.55. The summed E-state index contributed by atoms with van der Waals surface area (Å²) in [4.78, 5) is 2.38. The van der Waals surface area contributed by atoms with E-state index in [9.17, 15) is 0 Å². The summed E-state index contributed by atoms with van der Waals surface area (Å²) >= 11 is 0. The van der Waals surface area contributed by atoms with Crippen molar-refractivity contribution in [1.29, 1.82) is 5.26 Å². The molecule has 1 fully saturated rings. The largest absolute Gasteiger partial charge is 0.367 e. The lowest BCUT2D eigenvalue weighted by atomic mass is 10.0. The molecule has 0 bridgehead atoms. The Labute approximate surface area is 97.5 Å². The zero-order valence-corrected chi connectivity index (χ0v) is 9.98. The van der Waals surface area contributed by atoms with Crippen LogP contribution in [0.1, 0.15) is 25.8 Å². The molecule has 1 aliphatic heterocycles. The Morgan fingerprint density at radius 3 is 2.81 bits per heavy atom. The van der Waals surface area contributed by atoms with Gasteiger partial charge in [0.05, 0.1) is 12.0 Å². The molecule has 2 unspecified atom stereocenters. The maximum absolute atomic E-state index is 9.05. The van der Waals surface area contributed by atoms with Gasteiger partial charge in [-0.2, -0.15) is 5.26 Å². The van der Waals surface area contributed by atoms with E-state index in [1.807, 2.05) is 0 Å². The molecule has 0 aromatic heterocycles. The van der Waals surface area contributed by atoms with Crippen molar-refractivity contribution in [3.63, 3.8) is 0 Å². The first-order chi connectivity index (χ1) is 7.77. The van der Waals surface area contributed by atoms with Crippen LogP contribution < -0.4 is 4.90 Å². The Bertz CT molecular complexity index is 405. The molecule has 1 aliphatic rings. The Balaban J connectivity index is 2.29.